The molecule has 0 spiro atoms. The maximum Gasteiger partial charge on any atom is 0.227 e. The zero-order valence-electron chi connectivity index (χ0n) is 9.52. The average molecular weight is 223 g/mol. The first-order valence-electron chi connectivity index (χ1n) is 5.73. The second kappa shape index (κ2) is 5.27. The van der Waals surface area contributed by atoms with Gasteiger partial charge in [0.1, 0.15) is 6.10 Å². The van der Waals surface area contributed by atoms with E-state index in [-0.39, 0.29) is 11.9 Å². The smallest absolute Gasteiger partial charge is 0.227 e. The molecule has 1 aliphatic heterocycles. The highest BCUT2D eigenvalue weighted by atomic mass is 16.5. The number of carbonyl (C=O) groups excluding carboxylic acids is 1. The standard InChI is InChI=1S/C12H17NO3/c1-2-5-13-6-8-16-11(9-13)12(14)10-4-3-7-15-10/h3-4,7,11H,2,5-6,8-9H2,1H3. The average Bonchev–Trinajstić information content (AvgIpc) is 2.82. The van der Waals surface area contributed by atoms with Crippen LogP contribution in [0.5, 0.6) is 0 Å². The molecule has 4 nitrogen and oxygen atoms in total. The Morgan fingerprint density at radius 3 is 3.19 bits per heavy atom. The monoisotopic (exact) mass is 223 g/mol. The summed E-state index contributed by atoms with van der Waals surface area (Å²) in [4.78, 5) is 14.2. The summed E-state index contributed by atoms with van der Waals surface area (Å²) in [6.45, 7) is 5.37. The molecule has 0 saturated carbocycles. The van der Waals surface area contributed by atoms with E-state index in [1.165, 1.54) is 6.26 Å². The fraction of sp³-hybridized carbons (Fsp3) is 0.583. The zero-order chi connectivity index (χ0) is 11.4. The number of furan rings is 1. The second-order valence-corrected chi connectivity index (χ2v) is 4.00. The van der Waals surface area contributed by atoms with Gasteiger partial charge < -0.3 is 9.15 Å². The van der Waals surface area contributed by atoms with Crippen LogP contribution in [0.4, 0.5) is 0 Å². The van der Waals surface area contributed by atoms with Crippen LogP contribution in [0.1, 0.15) is 23.9 Å². The number of rotatable bonds is 4. The first-order valence-corrected chi connectivity index (χ1v) is 5.73. The fourth-order valence-electron chi connectivity index (χ4n) is 1.96. The highest BCUT2D eigenvalue weighted by Crippen LogP contribution is 2.12. The number of ether oxygens (including phenoxy) is 1. The Balaban J connectivity index is 1.96. The molecule has 0 amide bonds. The van der Waals surface area contributed by atoms with Crippen LogP contribution < -0.4 is 0 Å². The van der Waals surface area contributed by atoms with E-state index in [4.69, 9.17) is 9.15 Å². The highest BCUT2D eigenvalue weighted by molar-refractivity contribution is 5.97. The van der Waals surface area contributed by atoms with Crippen molar-refractivity contribution in [2.75, 3.05) is 26.2 Å². The van der Waals surface area contributed by atoms with Crippen LogP contribution in [0.25, 0.3) is 0 Å². The van der Waals surface area contributed by atoms with Crippen LogP contribution in [-0.4, -0.2) is 43.0 Å². The van der Waals surface area contributed by atoms with Crippen LogP contribution >= 0.6 is 0 Å². The lowest BCUT2D eigenvalue weighted by Gasteiger charge is -2.31. The summed E-state index contributed by atoms with van der Waals surface area (Å²) < 4.78 is 10.6. The minimum atomic E-state index is -0.369. The minimum Gasteiger partial charge on any atom is -0.461 e. The van der Waals surface area contributed by atoms with Gasteiger partial charge in [0.25, 0.3) is 0 Å². The first-order chi connectivity index (χ1) is 7.81. The molecular formula is C12H17NO3. The van der Waals surface area contributed by atoms with E-state index in [1.807, 2.05) is 0 Å². The molecule has 0 N–H and O–H groups in total. The molecule has 1 aromatic rings. The Bertz CT molecular complexity index is 332. The number of ketones is 1. The van der Waals surface area contributed by atoms with Crippen LogP contribution in [0.15, 0.2) is 22.8 Å². The summed E-state index contributed by atoms with van der Waals surface area (Å²) in [5, 5.41) is 0. The molecule has 0 radical (unpaired) electrons. The van der Waals surface area contributed by atoms with Crippen molar-refractivity contribution in [2.45, 2.75) is 19.4 Å². The van der Waals surface area contributed by atoms with Crippen molar-refractivity contribution in [3.05, 3.63) is 24.2 Å². The van der Waals surface area contributed by atoms with Gasteiger partial charge in [-0.1, -0.05) is 6.92 Å². The highest BCUT2D eigenvalue weighted by Gasteiger charge is 2.28. The number of Topliss-reactive ketones (excluding diaryl/α,β-unsaturated/α-hetero) is 1. The molecule has 0 bridgehead atoms. The van der Waals surface area contributed by atoms with Crippen molar-refractivity contribution < 1.29 is 13.9 Å². The van der Waals surface area contributed by atoms with Crippen molar-refractivity contribution in [3.8, 4) is 0 Å². The van der Waals surface area contributed by atoms with Gasteiger partial charge in [0.05, 0.1) is 12.9 Å². The Morgan fingerprint density at radius 2 is 2.50 bits per heavy atom. The molecule has 4 heteroatoms. The molecule has 16 heavy (non-hydrogen) atoms. The first kappa shape index (κ1) is 11.4. The topological polar surface area (TPSA) is 42.7 Å². The predicted molar refractivity (Wildman–Crippen MR) is 59.5 cm³/mol. The molecule has 1 saturated heterocycles. The second-order valence-electron chi connectivity index (χ2n) is 4.00. The molecule has 1 aliphatic rings. The van der Waals surface area contributed by atoms with Crippen molar-refractivity contribution in [1.82, 2.24) is 4.90 Å². The van der Waals surface area contributed by atoms with Gasteiger partial charge in [-0.05, 0) is 25.1 Å². The number of morpholine rings is 1. The van der Waals surface area contributed by atoms with Gasteiger partial charge in [-0.15, -0.1) is 0 Å². The lowest BCUT2D eigenvalue weighted by molar-refractivity contribution is -0.0175. The third kappa shape index (κ3) is 2.51. The lowest BCUT2D eigenvalue weighted by Crippen LogP contribution is -2.46. The van der Waals surface area contributed by atoms with Crippen LogP contribution in [-0.2, 0) is 4.74 Å². The largest absolute Gasteiger partial charge is 0.461 e. The Morgan fingerprint density at radius 1 is 1.62 bits per heavy atom. The quantitative estimate of drug-likeness (QED) is 0.727. The van der Waals surface area contributed by atoms with E-state index in [0.29, 0.717) is 18.9 Å². The maximum atomic E-state index is 12.0. The predicted octanol–water partition coefficient (Wildman–Crippen LogP) is 1.57. The third-order valence-electron chi connectivity index (χ3n) is 2.75. The van der Waals surface area contributed by atoms with Gasteiger partial charge >= 0.3 is 0 Å². The Kier molecular flexibility index (Phi) is 3.74. The third-order valence-corrected chi connectivity index (χ3v) is 2.75. The van der Waals surface area contributed by atoms with Crippen LogP contribution in [0.2, 0.25) is 0 Å². The van der Waals surface area contributed by atoms with E-state index in [2.05, 4.69) is 11.8 Å². The van der Waals surface area contributed by atoms with E-state index >= 15 is 0 Å². The SMILES string of the molecule is CCCN1CCOC(C(=O)c2ccco2)C1. The normalized spacial score (nSPS) is 22.2. The molecular weight excluding hydrogens is 206 g/mol. The van der Waals surface area contributed by atoms with E-state index in [1.54, 1.807) is 12.1 Å². The number of nitrogens with zero attached hydrogens (tertiary/aromatic N) is 1. The maximum absolute atomic E-state index is 12.0. The van der Waals surface area contributed by atoms with Gasteiger partial charge in [0.15, 0.2) is 5.76 Å². The lowest BCUT2D eigenvalue weighted by atomic mass is 10.1. The van der Waals surface area contributed by atoms with E-state index in [0.717, 1.165) is 19.5 Å². The van der Waals surface area contributed by atoms with Gasteiger partial charge in [-0.3, -0.25) is 9.69 Å². The van der Waals surface area contributed by atoms with Crippen LogP contribution in [0.3, 0.4) is 0 Å². The molecule has 2 rings (SSSR count). The molecule has 1 fully saturated rings. The Hall–Kier alpha value is -1.13. The Labute approximate surface area is 95.2 Å². The number of hydrogen-bond donors (Lipinski definition) is 0. The molecule has 88 valence electrons. The van der Waals surface area contributed by atoms with Crippen LogP contribution in [0, 0.1) is 0 Å². The van der Waals surface area contributed by atoms with Crippen molar-refractivity contribution >= 4 is 5.78 Å². The van der Waals surface area contributed by atoms with Gasteiger partial charge in [-0.2, -0.15) is 0 Å². The van der Waals surface area contributed by atoms with Crippen molar-refractivity contribution in [3.63, 3.8) is 0 Å². The summed E-state index contributed by atoms with van der Waals surface area (Å²) in [7, 11) is 0. The fourth-order valence-corrected chi connectivity index (χ4v) is 1.96. The molecule has 0 aromatic carbocycles. The molecule has 2 heterocycles. The summed E-state index contributed by atoms with van der Waals surface area (Å²) in [6, 6.07) is 3.41. The van der Waals surface area contributed by atoms with E-state index < -0.39 is 0 Å². The van der Waals surface area contributed by atoms with Gasteiger partial charge in [-0.25, -0.2) is 0 Å². The minimum absolute atomic E-state index is 0.0502. The summed E-state index contributed by atoms with van der Waals surface area (Å²) in [6.07, 6.45) is 2.24. The molecule has 1 unspecified atom stereocenters. The summed E-state index contributed by atoms with van der Waals surface area (Å²) >= 11 is 0. The molecule has 1 atom stereocenters. The van der Waals surface area contributed by atoms with Gasteiger partial charge in [0, 0.05) is 13.1 Å². The molecule has 1 aromatic heterocycles. The van der Waals surface area contributed by atoms with Crippen molar-refractivity contribution in [2.24, 2.45) is 0 Å². The zero-order valence-corrected chi connectivity index (χ0v) is 9.52. The molecule has 0 aliphatic carbocycles. The number of carbonyl (C=O) groups is 1. The summed E-state index contributed by atoms with van der Waals surface area (Å²) in [5.41, 5.74) is 0. The number of hydrogen-bond acceptors (Lipinski definition) is 4. The summed E-state index contributed by atoms with van der Waals surface area (Å²) in [5.74, 6) is 0.342. The van der Waals surface area contributed by atoms with Gasteiger partial charge in [0.2, 0.25) is 5.78 Å². The van der Waals surface area contributed by atoms with E-state index in [9.17, 15) is 4.79 Å². The van der Waals surface area contributed by atoms with Crippen molar-refractivity contribution in [1.29, 1.82) is 0 Å².